The number of hydrogen-bond acceptors (Lipinski definition) is 6. The number of furan rings is 1. The number of aliphatic hydroxyl groups excluding tert-OH is 1. The molecule has 33 heavy (non-hydrogen) atoms. The van der Waals surface area contributed by atoms with E-state index in [1.165, 1.54) is 16.4 Å². The number of allylic oxidation sites excluding steroid dienone is 4. The molecule has 0 radical (unpaired) electrons. The molecule has 1 aliphatic heterocycles. The summed E-state index contributed by atoms with van der Waals surface area (Å²) in [4.78, 5) is 53.3. The second-order valence-corrected chi connectivity index (χ2v) is 9.81. The van der Waals surface area contributed by atoms with Crippen LogP contribution in [0.5, 0.6) is 0 Å². The molecule has 0 aromatic carbocycles. The Bertz CT molecular complexity index is 1410. The summed E-state index contributed by atoms with van der Waals surface area (Å²) in [5.74, 6) is -0.102. The van der Waals surface area contributed by atoms with Crippen molar-refractivity contribution >= 4 is 11.6 Å². The van der Waals surface area contributed by atoms with Gasteiger partial charge in [0, 0.05) is 12.5 Å². The minimum atomic E-state index is -1.17. The maximum Gasteiger partial charge on any atom is 0.347 e. The average Bonchev–Trinajstić information content (AvgIpc) is 3.36. The molecule has 0 amide bonds. The summed E-state index contributed by atoms with van der Waals surface area (Å²) in [6.45, 7) is 6.82. The van der Waals surface area contributed by atoms with Crippen LogP contribution in [0.1, 0.15) is 57.6 Å². The zero-order chi connectivity index (χ0) is 24.0. The SMILES string of the molecule is CC1=C(C)C(=O)C2(C)C(c3ccc(CO)o3)C3=CCn4c(=O)n(C)c(=O)n4C3CC2(C)C1=O. The van der Waals surface area contributed by atoms with Crippen molar-refractivity contribution in [3.8, 4) is 0 Å². The van der Waals surface area contributed by atoms with Crippen LogP contribution < -0.4 is 11.4 Å². The van der Waals surface area contributed by atoms with Gasteiger partial charge in [0.15, 0.2) is 11.6 Å². The van der Waals surface area contributed by atoms with Crippen LogP contribution in [0.2, 0.25) is 0 Å². The topological polar surface area (TPSA) is 116 Å². The van der Waals surface area contributed by atoms with Gasteiger partial charge in [-0.05, 0) is 49.1 Å². The predicted octanol–water partition coefficient (Wildman–Crippen LogP) is 1.60. The monoisotopic (exact) mass is 453 g/mol. The highest BCUT2D eigenvalue weighted by molar-refractivity contribution is 6.17. The second kappa shape index (κ2) is 6.66. The van der Waals surface area contributed by atoms with Gasteiger partial charge in [0.2, 0.25) is 0 Å². The number of Topliss-reactive ketones (excluding diaryl/α,β-unsaturated/α-hetero) is 2. The molecule has 2 aromatic rings. The number of hydrogen-bond donors (Lipinski definition) is 1. The van der Waals surface area contributed by atoms with E-state index in [0.29, 0.717) is 22.7 Å². The predicted molar refractivity (Wildman–Crippen MR) is 118 cm³/mol. The van der Waals surface area contributed by atoms with Gasteiger partial charge >= 0.3 is 11.4 Å². The molecular weight excluding hydrogens is 426 g/mol. The van der Waals surface area contributed by atoms with E-state index in [-0.39, 0.29) is 31.1 Å². The Labute approximate surface area is 189 Å². The molecule has 9 heteroatoms. The third-order valence-corrected chi connectivity index (χ3v) is 8.43. The Balaban J connectivity index is 1.84. The van der Waals surface area contributed by atoms with Gasteiger partial charge in [-0.1, -0.05) is 19.9 Å². The molecule has 5 rings (SSSR count). The highest BCUT2D eigenvalue weighted by Gasteiger charge is 2.67. The first kappa shape index (κ1) is 21.6. The van der Waals surface area contributed by atoms with Gasteiger partial charge in [-0.3, -0.25) is 9.59 Å². The van der Waals surface area contributed by atoms with E-state index in [4.69, 9.17) is 4.42 Å². The molecule has 1 saturated carbocycles. The molecule has 2 aliphatic carbocycles. The Morgan fingerprint density at radius 2 is 1.73 bits per heavy atom. The van der Waals surface area contributed by atoms with E-state index < -0.39 is 34.2 Å². The molecular formula is C24H27N3O6. The number of carbonyl (C=O) groups is 2. The van der Waals surface area contributed by atoms with Crippen LogP contribution in [0.4, 0.5) is 0 Å². The van der Waals surface area contributed by atoms with Crippen molar-refractivity contribution in [3.63, 3.8) is 0 Å². The van der Waals surface area contributed by atoms with Crippen LogP contribution in [-0.2, 0) is 29.8 Å². The van der Waals surface area contributed by atoms with Gasteiger partial charge in [0.25, 0.3) is 0 Å². The smallest absolute Gasteiger partial charge is 0.347 e. The number of ketones is 2. The number of aliphatic hydroxyl groups is 1. The van der Waals surface area contributed by atoms with Gasteiger partial charge in [0.05, 0.1) is 23.9 Å². The van der Waals surface area contributed by atoms with Gasteiger partial charge in [-0.15, -0.1) is 0 Å². The number of rotatable bonds is 2. The van der Waals surface area contributed by atoms with Crippen molar-refractivity contribution in [1.29, 1.82) is 0 Å². The highest BCUT2D eigenvalue weighted by atomic mass is 16.4. The molecule has 0 bridgehead atoms. The lowest BCUT2D eigenvalue weighted by Gasteiger charge is -2.57. The fraction of sp³-hybridized carbons (Fsp3) is 0.500. The third-order valence-electron chi connectivity index (χ3n) is 8.43. The second-order valence-electron chi connectivity index (χ2n) is 9.81. The summed E-state index contributed by atoms with van der Waals surface area (Å²) in [6.07, 6.45) is 2.08. The molecule has 3 heterocycles. The van der Waals surface area contributed by atoms with Crippen molar-refractivity contribution in [2.75, 3.05) is 0 Å². The maximum absolute atomic E-state index is 13.9. The molecule has 4 atom stereocenters. The maximum atomic E-state index is 13.9. The Hall–Kier alpha value is -3.20. The van der Waals surface area contributed by atoms with Crippen molar-refractivity contribution in [2.45, 2.75) is 59.2 Å². The third kappa shape index (κ3) is 2.40. The van der Waals surface area contributed by atoms with Gasteiger partial charge in [-0.2, -0.15) is 0 Å². The van der Waals surface area contributed by atoms with Crippen LogP contribution >= 0.6 is 0 Å². The summed E-state index contributed by atoms with van der Waals surface area (Å²) in [6, 6.07) is 2.78. The zero-order valence-electron chi connectivity index (χ0n) is 19.3. The van der Waals surface area contributed by atoms with E-state index in [2.05, 4.69) is 0 Å². The molecule has 2 aromatic heterocycles. The first-order valence-corrected chi connectivity index (χ1v) is 11.0. The number of carbonyl (C=O) groups excluding carboxylic acids is 2. The lowest BCUT2D eigenvalue weighted by Crippen LogP contribution is -2.61. The lowest BCUT2D eigenvalue weighted by molar-refractivity contribution is -0.151. The van der Waals surface area contributed by atoms with E-state index in [1.807, 2.05) is 13.0 Å². The van der Waals surface area contributed by atoms with E-state index >= 15 is 0 Å². The Morgan fingerprint density at radius 1 is 1.06 bits per heavy atom. The first-order chi connectivity index (χ1) is 15.5. The molecule has 3 aliphatic rings. The van der Waals surface area contributed by atoms with E-state index in [9.17, 15) is 24.3 Å². The van der Waals surface area contributed by atoms with E-state index in [1.54, 1.807) is 32.9 Å². The minimum absolute atomic E-state index is 0.128. The fourth-order valence-electron chi connectivity index (χ4n) is 6.24. The van der Waals surface area contributed by atoms with Crippen LogP contribution in [0, 0.1) is 10.8 Å². The fourth-order valence-corrected chi connectivity index (χ4v) is 6.24. The summed E-state index contributed by atoms with van der Waals surface area (Å²) >= 11 is 0. The Morgan fingerprint density at radius 3 is 2.36 bits per heavy atom. The zero-order valence-corrected chi connectivity index (χ0v) is 19.3. The Kier molecular flexibility index (Phi) is 4.37. The van der Waals surface area contributed by atoms with Crippen molar-refractivity contribution in [2.24, 2.45) is 17.9 Å². The number of nitrogens with zero attached hydrogens (tertiary/aromatic N) is 3. The van der Waals surface area contributed by atoms with Gasteiger partial charge in [0.1, 0.15) is 18.1 Å². The molecule has 0 saturated heterocycles. The van der Waals surface area contributed by atoms with Crippen molar-refractivity contribution in [3.05, 3.63) is 67.4 Å². The normalized spacial score (nSPS) is 31.3. The van der Waals surface area contributed by atoms with E-state index in [0.717, 1.165) is 10.1 Å². The summed E-state index contributed by atoms with van der Waals surface area (Å²) in [5.41, 5.74) is -1.56. The van der Waals surface area contributed by atoms with Crippen LogP contribution in [0.3, 0.4) is 0 Å². The van der Waals surface area contributed by atoms with Crippen molar-refractivity contribution < 1.29 is 19.1 Å². The van der Waals surface area contributed by atoms with Crippen molar-refractivity contribution in [1.82, 2.24) is 13.9 Å². The molecule has 0 spiro atoms. The average molecular weight is 453 g/mol. The molecule has 1 N–H and O–H groups in total. The molecule has 9 nitrogen and oxygen atoms in total. The standard InChI is InChI=1S/C24H27N3O6/c1-12-13(2)20(30)24(4)18(17-7-6-14(11-28)33-17)15-8-9-26-21(31)25(5)22(32)27(26)16(15)10-23(24,3)19(12)29/h6-8,16,18,28H,9-11H2,1-5H3. The van der Waals surface area contributed by atoms with Gasteiger partial charge in [-0.25, -0.2) is 23.5 Å². The summed E-state index contributed by atoms with van der Waals surface area (Å²) < 4.78 is 9.80. The van der Waals surface area contributed by atoms with Crippen LogP contribution in [-0.4, -0.2) is 30.6 Å². The number of fused-ring (bicyclic) bond motifs is 4. The van der Waals surface area contributed by atoms with Gasteiger partial charge < -0.3 is 9.52 Å². The quantitative estimate of drug-likeness (QED) is 0.691. The number of aromatic nitrogens is 3. The molecule has 174 valence electrons. The highest BCUT2D eigenvalue weighted by Crippen LogP contribution is 2.66. The molecule has 1 fully saturated rings. The van der Waals surface area contributed by atoms with Crippen LogP contribution in [0.15, 0.2) is 48.9 Å². The largest absolute Gasteiger partial charge is 0.463 e. The molecule has 4 unspecified atom stereocenters. The minimum Gasteiger partial charge on any atom is -0.463 e. The first-order valence-electron chi connectivity index (χ1n) is 11.0. The lowest BCUT2D eigenvalue weighted by atomic mass is 9.44. The summed E-state index contributed by atoms with van der Waals surface area (Å²) in [7, 11) is 1.43. The summed E-state index contributed by atoms with van der Waals surface area (Å²) in [5, 5.41) is 9.58. The van der Waals surface area contributed by atoms with Crippen LogP contribution in [0.25, 0.3) is 0 Å².